The van der Waals surface area contributed by atoms with Crippen LogP contribution in [-0.2, 0) is 0 Å². The lowest BCUT2D eigenvalue weighted by atomic mass is 10.0. The summed E-state index contributed by atoms with van der Waals surface area (Å²) < 4.78 is 0. The van der Waals surface area contributed by atoms with Crippen LogP contribution in [0, 0.1) is 25.2 Å². The molecule has 1 unspecified atom stereocenters. The Morgan fingerprint density at radius 1 is 1.28 bits per heavy atom. The third kappa shape index (κ3) is 4.62. The fourth-order valence-electron chi connectivity index (χ4n) is 3.82. The maximum Gasteiger partial charge on any atom is 0.324 e. The Morgan fingerprint density at radius 3 is 2.78 bits per heavy atom. The maximum absolute atomic E-state index is 12.9. The summed E-state index contributed by atoms with van der Waals surface area (Å²) in [5, 5.41) is 25.5. The van der Waals surface area contributed by atoms with E-state index in [-0.39, 0.29) is 18.7 Å². The normalized spacial score (nSPS) is 15.9. The molecule has 1 atom stereocenters. The average molecular weight is 449 g/mol. The third-order valence-corrected chi connectivity index (χ3v) is 6.29. The Labute approximate surface area is 190 Å². The number of benzene rings is 1. The SMILES string of the molecule is Cc1cc(-c2sc(NC(=O)N3CCNCC3CO)nc2-c2cccc(C#N)c2)cc(C)n1. The van der Waals surface area contributed by atoms with Gasteiger partial charge < -0.3 is 15.3 Å². The molecule has 8 nitrogen and oxygen atoms in total. The van der Waals surface area contributed by atoms with Gasteiger partial charge in [0.15, 0.2) is 5.13 Å². The number of aliphatic hydroxyl groups excluding tert-OH is 1. The number of anilines is 1. The van der Waals surface area contributed by atoms with E-state index in [0.717, 1.165) is 27.4 Å². The van der Waals surface area contributed by atoms with Crippen LogP contribution in [0.25, 0.3) is 21.7 Å². The predicted octanol–water partition coefficient (Wildman–Crippen LogP) is 3.16. The highest BCUT2D eigenvalue weighted by Crippen LogP contribution is 2.39. The highest BCUT2D eigenvalue weighted by molar-refractivity contribution is 7.19. The summed E-state index contributed by atoms with van der Waals surface area (Å²) in [6.45, 7) is 5.51. The molecule has 1 aromatic carbocycles. The van der Waals surface area contributed by atoms with Crippen molar-refractivity contribution in [1.82, 2.24) is 20.2 Å². The van der Waals surface area contributed by atoms with Crippen LogP contribution in [0.1, 0.15) is 17.0 Å². The van der Waals surface area contributed by atoms with Crippen LogP contribution in [-0.4, -0.2) is 58.3 Å². The smallest absolute Gasteiger partial charge is 0.324 e. The Kier molecular flexibility index (Phi) is 6.46. The van der Waals surface area contributed by atoms with E-state index >= 15 is 0 Å². The number of rotatable bonds is 4. The van der Waals surface area contributed by atoms with Crippen molar-refractivity contribution in [3.8, 4) is 27.8 Å². The largest absolute Gasteiger partial charge is 0.394 e. The van der Waals surface area contributed by atoms with Gasteiger partial charge in [0.1, 0.15) is 0 Å². The van der Waals surface area contributed by atoms with Crippen molar-refractivity contribution >= 4 is 22.5 Å². The van der Waals surface area contributed by atoms with Crippen LogP contribution in [0.5, 0.6) is 0 Å². The van der Waals surface area contributed by atoms with Crippen LogP contribution in [0.2, 0.25) is 0 Å². The molecule has 0 radical (unpaired) electrons. The Hall–Kier alpha value is -3.32. The highest BCUT2D eigenvalue weighted by atomic mass is 32.1. The molecule has 164 valence electrons. The summed E-state index contributed by atoms with van der Waals surface area (Å²) in [4.78, 5) is 24.6. The van der Waals surface area contributed by atoms with Crippen molar-refractivity contribution in [3.05, 3.63) is 53.3 Å². The first kappa shape index (κ1) is 21.9. The van der Waals surface area contributed by atoms with E-state index in [1.807, 2.05) is 38.1 Å². The first-order chi connectivity index (χ1) is 15.5. The molecule has 1 aliphatic heterocycles. The van der Waals surface area contributed by atoms with Gasteiger partial charge in [-0.15, -0.1) is 0 Å². The molecule has 1 saturated heterocycles. The summed E-state index contributed by atoms with van der Waals surface area (Å²) in [5.74, 6) is 0. The van der Waals surface area contributed by atoms with Crippen LogP contribution >= 0.6 is 11.3 Å². The third-order valence-electron chi connectivity index (χ3n) is 5.27. The number of nitriles is 1. The molecule has 0 saturated carbocycles. The van der Waals surface area contributed by atoms with Gasteiger partial charge in [-0.3, -0.25) is 10.3 Å². The van der Waals surface area contributed by atoms with Gasteiger partial charge in [-0.1, -0.05) is 23.5 Å². The number of amides is 2. The minimum atomic E-state index is -0.287. The molecule has 4 rings (SSSR count). The molecular formula is C23H24N6O2S. The van der Waals surface area contributed by atoms with E-state index in [9.17, 15) is 15.2 Å². The second-order valence-electron chi connectivity index (χ2n) is 7.69. The number of carbonyl (C=O) groups excluding carboxylic acids is 1. The van der Waals surface area contributed by atoms with Gasteiger partial charge >= 0.3 is 6.03 Å². The molecule has 0 bridgehead atoms. The summed E-state index contributed by atoms with van der Waals surface area (Å²) in [6, 6.07) is 12.9. The number of hydrogen-bond acceptors (Lipinski definition) is 7. The average Bonchev–Trinajstić information content (AvgIpc) is 3.22. The van der Waals surface area contributed by atoms with Crippen molar-refractivity contribution < 1.29 is 9.90 Å². The van der Waals surface area contributed by atoms with Crippen LogP contribution in [0.3, 0.4) is 0 Å². The van der Waals surface area contributed by atoms with Crippen LogP contribution in [0.15, 0.2) is 36.4 Å². The van der Waals surface area contributed by atoms with E-state index in [1.165, 1.54) is 11.3 Å². The summed E-state index contributed by atoms with van der Waals surface area (Å²) in [5.41, 5.74) is 4.79. The van der Waals surface area contributed by atoms with Gasteiger partial charge in [-0.2, -0.15) is 5.26 Å². The van der Waals surface area contributed by atoms with Gasteiger partial charge in [-0.25, -0.2) is 9.78 Å². The second kappa shape index (κ2) is 9.44. The van der Waals surface area contributed by atoms with Crippen molar-refractivity contribution in [2.45, 2.75) is 19.9 Å². The standard InChI is InChI=1S/C23H24N6O2S/c1-14-8-18(9-15(2)26-14)21-20(17-5-3-4-16(10-17)11-24)27-22(32-21)28-23(31)29-7-6-25-12-19(29)13-30/h3-5,8-10,19,25,30H,6-7,12-13H2,1-2H3,(H,27,28,31). The van der Waals surface area contributed by atoms with E-state index in [4.69, 9.17) is 4.98 Å². The zero-order chi connectivity index (χ0) is 22.7. The van der Waals surface area contributed by atoms with Crippen molar-refractivity contribution in [2.24, 2.45) is 0 Å². The number of thiazole rings is 1. The molecule has 3 heterocycles. The Balaban J connectivity index is 1.73. The second-order valence-corrected chi connectivity index (χ2v) is 8.69. The van der Waals surface area contributed by atoms with Gasteiger partial charge in [0.2, 0.25) is 0 Å². The molecule has 3 aromatic rings. The number of aliphatic hydroxyl groups is 1. The number of nitrogens with one attached hydrogen (secondary N) is 2. The van der Waals surface area contributed by atoms with Crippen LogP contribution < -0.4 is 10.6 Å². The summed E-state index contributed by atoms with van der Waals surface area (Å²) in [6.07, 6.45) is 0. The van der Waals surface area contributed by atoms with E-state index in [2.05, 4.69) is 21.7 Å². The first-order valence-corrected chi connectivity index (χ1v) is 11.2. The number of aromatic nitrogens is 2. The van der Waals surface area contributed by atoms with E-state index < -0.39 is 0 Å². The van der Waals surface area contributed by atoms with Crippen LogP contribution in [0.4, 0.5) is 9.93 Å². The molecule has 0 aliphatic carbocycles. The molecule has 1 aliphatic rings. The number of aryl methyl sites for hydroxylation is 2. The number of urea groups is 1. The summed E-state index contributed by atoms with van der Waals surface area (Å²) >= 11 is 1.38. The number of hydrogen-bond donors (Lipinski definition) is 3. The number of carbonyl (C=O) groups is 1. The topological polar surface area (TPSA) is 114 Å². The monoisotopic (exact) mass is 448 g/mol. The highest BCUT2D eigenvalue weighted by Gasteiger charge is 2.27. The zero-order valence-electron chi connectivity index (χ0n) is 17.9. The Morgan fingerprint density at radius 2 is 2.06 bits per heavy atom. The lowest BCUT2D eigenvalue weighted by Crippen LogP contribution is -2.56. The predicted molar refractivity (Wildman–Crippen MR) is 124 cm³/mol. The van der Waals surface area contributed by atoms with Crippen molar-refractivity contribution in [1.29, 1.82) is 5.26 Å². The number of piperazine rings is 1. The lowest BCUT2D eigenvalue weighted by Gasteiger charge is -2.34. The minimum Gasteiger partial charge on any atom is -0.394 e. The number of nitrogens with zero attached hydrogens (tertiary/aromatic N) is 4. The summed E-state index contributed by atoms with van der Waals surface area (Å²) in [7, 11) is 0. The molecule has 3 N–H and O–H groups in total. The Bertz CT molecular complexity index is 1170. The first-order valence-electron chi connectivity index (χ1n) is 10.3. The molecule has 0 spiro atoms. The molecular weight excluding hydrogens is 424 g/mol. The van der Waals surface area contributed by atoms with Gasteiger partial charge in [-0.05, 0) is 43.7 Å². The van der Waals surface area contributed by atoms with Gasteiger partial charge in [0.25, 0.3) is 0 Å². The van der Waals surface area contributed by atoms with Crippen molar-refractivity contribution in [2.75, 3.05) is 31.6 Å². The molecule has 32 heavy (non-hydrogen) atoms. The van der Waals surface area contributed by atoms with Crippen molar-refractivity contribution in [3.63, 3.8) is 0 Å². The molecule has 1 fully saturated rings. The fraction of sp³-hybridized carbons (Fsp3) is 0.304. The van der Waals surface area contributed by atoms with E-state index in [1.54, 1.807) is 17.0 Å². The molecule has 2 aromatic heterocycles. The van der Waals surface area contributed by atoms with Gasteiger partial charge in [0, 0.05) is 36.6 Å². The lowest BCUT2D eigenvalue weighted by molar-refractivity contribution is 0.124. The number of pyridine rings is 1. The van der Waals surface area contributed by atoms with Gasteiger partial charge in [0.05, 0.1) is 34.9 Å². The molecule has 2 amide bonds. The quantitative estimate of drug-likeness (QED) is 0.565. The fourth-order valence-corrected chi connectivity index (χ4v) is 4.79. The zero-order valence-corrected chi connectivity index (χ0v) is 18.7. The minimum absolute atomic E-state index is 0.106. The molecule has 9 heteroatoms. The maximum atomic E-state index is 12.9. The van der Waals surface area contributed by atoms with E-state index in [0.29, 0.717) is 36.0 Å².